The van der Waals surface area contributed by atoms with Crippen LogP contribution in [0.1, 0.15) is 47.3 Å². The number of amides is 1. The summed E-state index contributed by atoms with van der Waals surface area (Å²) < 4.78 is 146. The molecule has 44 heavy (non-hydrogen) atoms. The van der Waals surface area contributed by atoms with Crippen LogP contribution in [-0.4, -0.2) is 35.6 Å². The van der Waals surface area contributed by atoms with Crippen LogP contribution in [0.15, 0.2) is 54.6 Å². The van der Waals surface area contributed by atoms with E-state index >= 15 is 0 Å². The van der Waals surface area contributed by atoms with E-state index in [0.29, 0.717) is 24.3 Å². The van der Waals surface area contributed by atoms with Crippen molar-refractivity contribution in [2.45, 2.75) is 50.6 Å². The van der Waals surface area contributed by atoms with Crippen molar-refractivity contribution in [1.29, 1.82) is 0 Å². The lowest BCUT2D eigenvalue weighted by atomic mass is 9.79. The third kappa shape index (κ3) is 7.71. The summed E-state index contributed by atoms with van der Waals surface area (Å²) in [6, 6.07) is 4.65. The van der Waals surface area contributed by atoms with Crippen LogP contribution in [0.5, 0.6) is 11.5 Å². The summed E-state index contributed by atoms with van der Waals surface area (Å²) in [4.78, 5) is 25.5. The normalized spacial score (nSPS) is 13.5. The highest BCUT2D eigenvalue weighted by atomic mass is 19.4. The molecule has 0 aromatic heterocycles. The van der Waals surface area contributed by atoms with Crippen LogP contribution < -0.4 is 14.8 Å². The van der Waals surface area contributed by atoms with Gasteiger partial charge in [0.2, 0.25) is 0 Å². The van der Waals surface area contributed by atoms with Gasteiger partial charge in [-0.15, -0.1) is 0 Å². The molecule has 2 N–H and O–H groups in total. The molecule has 0 spiro atoms. The van der Waals surface area contributed by atoms with Gasteiger partial charge in [0.1, 0.15) is 22.9 Å². The number of carboxylic acids is 1. The van der Waals surface area contributed by atoms with Gasteiger partial charge in [0.15, 0.2) is 11.6 Å². The highest BCUT2D eigenvalue weighted by Gasteiger charge is 2.45. The third-order valence-electron chi connectivity index (χ3n) is 5.94. The van der Waals surface area contributed by atoms with Gasteiger partial charge in [-0.2, -0.15) is 30.7 Å². The molecule has 0 heterocycles. The third-order valence-corrected chi connectivity index (χ3v) is 5.94. The molecule has 3 aromatic rings. The first-order valence-corrected chi connectivity index (χ1v) is 12.3. The van der Waals surface area contributed by atoms with E-state index in [1.54, 1.807) is 0 Å². The van der Waals surface area contributed by atoms with E-state index in [1.165, 1.54) is 13.8 Å². The Labute approximate surface area is 242 Å². The molecular formula is C28H21F10NO5. The first-order valence-electron chi connectivity index (χ1n) is 12.3. The first-order chi connectivity index (χ1) is 20.2. The van der Waals surface area contributed by atoms with E-state index in [1.807, 2.05) is 0 Å². The van der Waals surface area contributed by atoms with Crippen molar-refractivity contribution in [3.63, 3.8) is 0 Å². The van der Waals surface area contributed by atoms with Gasteiger partial charge in [0, 0.05) is 11.6 Å². The van der Waals surface area contributed by atoms with Gasteiger partial charge in [0.25, 0.3) is 5.91 Å². The maximum Gasteiger partial charge on any atom is 0.461 e. The number of aliphatic carboxylic acids is 1. The zero-order valence-electron chi connectivity index (χ0n) is 22.4. The van der Waals surface area contributed by atoms with E-state index in [0.717, 1.165) is 18.2 Å². The maximum absolute atomic E-state index is 14.8. The topological polar surface area (TPSA) is 84.9 Å². The number of benzene rings is 3. The van der Waals surface area contributed by atoms with E-state index in [9.17, 15) is 58.6 Å². The van der Waals surface area contributed by atoms with Gasteiger partial charge in [-0.05, 0) is 67.4 Å². The van der Waals surface area contributed by atoms with E-state index < -0.39 is 99.9 Å². The summed E-state index contributed by atoms with van der Waals surface area (Å²) >= 11 is 0. The lowest BCUT2D eigenvalue weighted by molar-refractivity contribution is -0.253. The molecule has 0 fully saturated rings. The monoisotopic (exact) mass is 641 g/mol. The highest BCUT2D eigenvalue weighted by Crippen LogP contribution is 2.40. The van der Waals surface area contributed by atoms with Crippen LogP contribution in [-0.2, 0) is 16.5 Å². The fraction of sp³-hybridized carbons (Fsp3) is 0.286. The van der Waals surface area contributed by atoms with Crippen molar-refractivity contribution < 1.29 is 68.1 Å². The molecule has 238 valence electrons. The van der Waals surface area contributed by atoms with Crippen molar-refractivity contribution in [3.8, 4) is 11.5 Å². The number of halogens is 10. The largest absolute Gasteiger partial charge is 0.488 e. The Balaban J connectivity index is 2.34. The number of nitrogens with one attached hydrogen (secondary N) is 1. The molecule has 0 radical (unpaired) electrons. The van der Waals surface area contributed by atoms with Gasteiger partial charge < -0.3 is 19.9 Å². The minimum Gasteiger partial charge on any atom is -0.488 e. The number of hydrogen-bond acceptors (Lipinski definition) is 4. The van der Waals surface area contributed by atoms with Gasteiger partial charge in [-0.1, -0.05) is 6.07 Å². The minimum atomic E-state index is -5.27. The summed E-state index contributed by atoms with van der Waals surface area (Å²) in [5.41, 5.74) is -6.60. The molecule has 0 saturated carbocycles. The Hall–Kier alpha value is -4.50. The summed E-state index contributed by atoms with van der Waals surface area (Å²) in [5, 5.41) is 11.9. The molecule has 1 amide bonds. The molecule has 6 nitrogen and oxygen atoms in total. The number of ether oxygens (including phenoxy) is 2. The van der Waals surface area contributed by atoms with Gasteiger partial charge in [-0.3, -0.25) is 9.59 Å². The lowest BCUT2D eigenvalue weighted by Gasteiger charge is -2.35. The Kier molecular flexibility index (Phi) is 9.75. The quantitative estimate of drug-likeness (QED) is 0.215. The van der Waals surface area contributed by atoms with E-state index in [-0.39, 0.29) is 12.1 Å². The SMILES string of the molecule is CC(C)Oc1cc(C(CC(=O)O)(NC(=O)c2ccc(F)c(C(F)(F)F)c2)c2cc(F)cc(OC(F)(F)C(F)F)c2)ccc1F. The van der Waals surface area contributed by atoms with Crippen LogP contribution in [0.2, 0.25) is 0 Å². The summed E-state index contributed by atoms with van der Waals surface area (Å²) in [6.07, 6.45) is -16.8. The predicted molar refractivity (Wildman–Crippen MR) is 132 cm³/mol. The van der Waals surface area contributed by atoms with Crippen molar-refractivity contribution in [2.75, 3.05) is 0 Å². The molecule has 1 atom stereocenters. The van der Waals surface area contributed by atoms with Crippen LogP contribution in [0.4, 0.5) is 43.9 Å². The molecule has 0 aliphatic rings. The number of carboxylic acid groups (broad SMARTS) is 1. The molecule has 0 saturated heterocycles. The van der Waals surface area contributed by atoms with E-state index in [2.05, 4.69) is 10.1 Å². The van der Waals surface area contributed by atoms with Crippen LogP contribution in [0.3, 0.4) is 0 Å². The Morgan fingerprint density at radius 2 is 1.50 bits per heavy atom. The second kappa shape index (κ2) is 12.6. The Bertz CT molecular complexity index is 1540. The number of carbonyl (C=O) groups is 2. The maximum atomic E-state index is 14.8. The summed E-state index contributed by atoms with van der Waals surface area (Å²) in [5.74, 6) is -9.33. The molecule has 16 heteroatoms. The molecule has 3 aromatic carbocycles. The average molecular weight is 641 g/mol. The van der Waals surface area contributed by atoms with Crippen molar-refractivity contribution in [2.24, 2.45) is 0 Å². The fourth-order valence-corrected chi connectivity index (χ4v) is 4.12. The van der Waals surface area contributed by atoms with Crippen molar-refractivity contribution in [1.82, 2.24) is 5.32 Å². The van der Waals surface area contributed by atoms with Gasteiger partial charge >= 0.3 is 24.7 Å². The molecular weight excluding hydrogens is 620 g/mol. The molecule has 0 aliphatic heterocycles. The Morgan fingerprint density at radius 1 is 0.864 bits per heavy atom. The predicted octanol–water partition coefficient (Wildman–Crippen LogP) is 7.29. The lowest BCUT2D eigenvalue weighted by Crippen LogP contribution is -2.48. The Morgan fingerprint density at radius 3 is 2.07 bits per heavy atom. The molecule has 3 rings (SSSR count). The zero-order valence-corrected chi connectivity index (χ0v) is 22.4. The van der Waals surface area contributed by atoms with E-state index in [4.69, 9.17) is 4.74 Å². The summed E-state index contributed by atoms with van der Waals surface area (Å²) in [7, 11) is 0. The number of hydrogen-bond donors (Lipinski definition) is 2. The second-order valence-corrected chi connectivity index (χ2v) is 9.57. The van der Waals surface area contributed by atoms with Gasteiger partial charge in [0.05, 0.1) is 18.1 Å². The molecule has 1 unspecified atom stereocenters. The van der Waals surface area contributed by atoms with Crippen molar-refractivity contribution >= 4 is 11.9 Å². The van der Waals surface area contributed by atoms with Gasteiger partial charge in [-0.25, -0.2) is 13.2 Å². The van der Waals surface area contributed by atoms with Crippen LogP contribution in [0.25, 0.3) is 0 Å². The first kappa shape index (κ1) is 34.0. The summed E-state index contributed by atoms with van der Waals surface area (Å²) in [6.45, 7) is 2.95. The highest BCUT2D eigenvalue weighted by molar-refractivity contribution is 5.95. The second-order valence-electron chi connectivity index (χ2n) is 9.57. The number of rotatable bonds is 11. The average Bonchev–Trinajstić information content (AvgIpc) is 2.87. The number of carbonyl (C=O) groups excluding carboxylic acids is 1. The van der Waals surface area contributed by atoms with Crippen LogP contribution >= 0.6 is 0 Å². The molecule has 0 aliphatic carbocycles. The minimum absolute atomic E-state index is 0.0947. The standard InChI is InChI=1S/C28H21F10NO5/c1-13(2)43-22-10-15(4-6-21(22)31)26(12-23(40)41,16-8-17(29)11-18(9-16)44-28(37,38)25(32)33)39-24(42)14-3-5-20(30)19(7-14)27(34,35)36/h3-11,13,25H,12H2,1-2H3,(H,39,42)(H,40,41). The molecule has 0 bridgehead atoms. The smallest absolute Gasteiger partial charge is 0.461 e. The van der Waals surface area contributed by atoms with Crippen LogP contribution in [0, 0.1) is 17.5 Å². The fourth-order valence-electron chi connectivity index (χ4n) is 4.12. The number of alkyl halides is 7. The zero-order chi connectivity index (χ0) is 33.2. The van der Waals surface area contributed by atoms with Crippen molar-refractivity contribution in [3.05, 3.63) is 94.3 Å².